The molecule has 5 nitrogen and oxygen atoms in total. The first-order chi connectivity index (χ1) is 10.0. The minimum Gasteiger partial charge on any atom is -0.377 e. The lowest BCUT2D eigenvalue weighted by atomic mass is 10.1. The van der Waals surface area contributed by atoms with Crippen molar-refractivity contribution in [3.63, 3.8) is 0 Å². The summed E-state index contributed by atoms with van der Waals surface area (Å²) >= 11 is 0. The van der Waals surface area contributed by atoms with Crippen molar-refractivity contribution in [2.75, 3.05) is 24.7 Å². The van der Waals surface area contributed by atoms with Crippen LogP contribution in [-0.2, 0) is 9.53 Å². The Labute approximate surface area is 125 Å². The Balaban J connectivity index is 2.26. The van der Waals surface area contributed by atoms with Gasteiger partial charge in [0.25, 0.3) is 0 Å². The number of nitrogens with zero attached hydrogens (tertiary/aromatic N) is 1. The first-order valence-electron chi connectivity index (χ1n) is 7.23. The molecule has 1 saturated heterocycles. The number of morpholine rings is 1. The number of anilines is 1. The van der Waals surface area contributed by atoms with Gasteiger partial charge >= 0.3 is 0 Å². The number of benzene rings is 1. The molecule has 114 valence electrons. The smallest absolute Gasteiger partial charge is 0.245 e. The Hall–Kier alpha value is -1.88. The molecule has 0 bridgehead atoms. The fourth-order valence-electron chi connectivity index (χ4n) is 2.56. The Kier molecular flexibility index (Phi) is 4.96. The first kappa shape index (κ1) is 15.5. The van der Waals surface area contributed by atoms with E-state index in [4.69, 9.17) is 4.74 Å². The highest BCUT2D eigenvalue weighted by atomic mass is 16.5. The molecule has 1 unspecified atom stereocenters. The van der Waals surface area contributed by atoms with Gasteiger partial charge in [-0.15, -0.1) is 0 Å². The molecule has 0 spiro atoms. The highest BCUT2D eigenvalue weighted by molar-refractivity contribution is 5.86. The van der Waals surface area contributed by atoms with E-state index in [1.165, 1.54) is 0 Å². The number of aldehydes is 1. The first-order valence-corrected chi connectivity index (χ1v) is 7.23. The van der Waals surface area contributed by atoms with Crippen LogP contribution in [0.3, 0.4) is 0 Å². The summed E-state index contributed by atoms with van der Waals surface area (Å²) in [6, 6.07) is 5.29. The zero-order valence-corrected chi connectivity index (χ0v) is 12.8. The standard InChI is InChI=1S/C16H22N2O3/c1-11(2)17-16(20)15-10-21-7-6-18(15)14-5-4-13(9-19)8-12(14)3/h4-5,8-9,11,15H,6-7,10H2,1-3H3,(H,17,20). The van der Waals surface area contributed by atoms with Crippen LogP contribution in [0.4, 0.5) is 5.69 Å². The molecule has 1 aromatic rings. The zero-order valence-electron chi connectivity index (χ0n) is 12.8. The van der Waals surface area contributed by atoms with Crippen LogP contribution in [0.15, 0.2) is 18.2 Å². The summed E-state index contributed by atoms with van der Waals surface area (Å²) < 4.78 is 5.46. The summed E-state index contributed by atoms with van der Waals surface area (Å²) in [6.45, 7) is 7.48. The van der Waals surface area contributed by atoms with E-state index in [1.807, 2.05) is 32.9 Å². The van der Waals surface area contributed by atoms with E-state index in [0.717, 1.165) is 17.5 Å². The van der Waals surface area contributed by atoms with Crippen molar-refractivity contribution in [3.05, 3.63) is 29.3 Å². The molecule has 1 atom stereocenters. The van der Waals surface area contributed by atoms with Crippen molar-refractivity contribution in [2.24, 2.45) is 0 Å². The van der Waals surface area contributed by atoms with Crippen molar-refractivity contribution in [1.29, 1.82) is 0 Å². The molecule has 0 saturated carbocycles. The molecule has 0 aromatic heterocycles. The van der Waals surface area contributed by atoms with Crippen molar-refractivity contribution < 1.29 is 14.3 Å². The van der Waals surface area contributed by atoms with Gasteiger partial charge in [-0.2, -0.15) is 0 Å². The average Bonchev–Trinajstić information content (AvgIpc) is 2.46. The van der Waals surface area contributed by atoms with Crippen LogP contribution < -0.4 is 10.2 Å². The molecule has 2 rings (SSSR count). The van der Waals surface area contributed by atoms with Gasteiger partial charge in [0.2, 0.25) is 5.91 Å². The van der Waals surface area contributed by atoms with Gasteiger partial charge in [-0.25, -0.2) is 0 Å². The second-order valence-corrected chi connectivity index (χ2v) is 5.61. The van der Waals surface area contributed by atoms with Gasteiger partial charge in [-0.05, 0) is 44.5 Å². The summed E-state index contributed by atoms with van der Waals surface area (Å²) in [5, 5.41) is 2.94. The molecule has 5 heteroatoms. The highest BCUT2D eigenvalue weighted by Crippen LogP contribution is 2.25. The lowest BCUT2D eigenvalue weighted by molar-refractivity contribution is -0.125. The number of hydrogen-bond acceptors (Lipinski definition) is 4. The van der Waals surface area contributed by atoms with Crippen LogP contribution >= 0.6 is 0 Å². The summed E-state index contributed by atoms with van der Waals surface area (Å²) in [7, 11) is 0. The molecular weight excluding hydrogens is 268 g/mol. The second-order valence-electron chi connectivity index (χ2n) is 5.61. The number of carbonyl (C=O) groups is 2. The highest BCUT2D eigenvalue weighted by Gasteiger charge is 2.30. The van der Waals surface area contributed by atoms with E-state index < -0.39 is 0 Å². The van der Waals surface area contributed by atoms with E-state index in [0.29, 0.717) is 25.3 Å². The normalized spacial score (nSPS) is 18.7. The van der Waals surface area contributed by atoms with E-state index in [1.54, 1.807) is 6.07 Å². The second kappa shape index (κ2) is 6.72. The number of amides is 1. The van der Waals surface area contributed by atoms with Crippen LogP contribution in [0.2, 0.25) is 0 Å². The summed E-state index contributed by atoms with van der Waals surface area (Å²) in [4.78, 5) is 25.2. The summed E-state index contributed by atoms with van der Waals surface area (Å²) in [5.74, 6) is -0.0245. The van der Waals surface area contributed by atoms with Gasteiger partial charge in [0.15, 0.2) is 0 Å². The van der Waals surface area contributed by atoms with E-state index in [-0.39, 0.29) is 18.0 Å². The van der Waals surface area contributed by atoms with Crippen molar-refractivity contribution in [2.45, 2.75) is 32.9 Å². The Morgan fingerprint density at radius 1 is 1.48 bits per heavy atom. The topological polar surface area (TPSA) is 58.6 Å². The molecule has 1 N–H and O–H groups in total. The van der Waals surface area contributed by atoms with Gasteiger partial charge in [0, 0.05) is 23.8 Å². The maximum Gasteiger partial charge on any atom is 0.245 e. The lowest BCUT2D eigenvalue weighted by Gasteiger charge is -2.37. The van der Waals surface area contributed by atoms with Crippen LogP contribution in [0.25, 0.3) is 0 Å². The number of rotatable bonds is 4. The van der Waals surface area contributed by atoms with Crippen LogP contribution in [0.5, 0.6) is 0 Å². The number of carbonyl (C=O) groups excluding carboxylic acids is 2. The maximum atomic E-state index is 12.3. The monoisotopic (exact) mass is 290 g/mol. The third-order valence-electron chi connectivity index (χ3n) is 3.53. The van der Waals surface area contributed by atoms with E-state index in [2.05, 4.69) is 10.2 Å². The number of aryl methyl sites for hydroxylation is 1. The Morgan fingerprint density at radius 3 is 2.86 bits per heavy atom. The molecule has 1 heterocycles. The maximum absolute atomic E-state index is 12.3. The van der Waals surface area contributed by atoms with E-state index in [9.17, 15) is 9.59 Å². The van der Waals surface area contributed by atoms with Gasteiger partial charge in [-0.1, -0.05) is 0 Å². The van der Waals surface area contributed by atoms with Gasteiger partial charge in [0.05, 0.1) is 13.2 Å². The quantitative estimate of drug-likeness (QED) is 0.855. The van der Waals surface area contributed by atoms with Crippen LogP contribution in [0, 0.1) is 6.92 Å². The minimum absolute atomic E-state index is 0.0245. The predicted octanol–water partition coefficient (Wildman–Crippen LogP) is 1.54. The summed E-state index contributed by atoms with van der Waals surface area (Å²) in [5.41, 5.74) is 2.62. The molecule has 1 aliphatic rings. The molecule has 0 aliphatic carbocycles. The lowest BCUT2D eigenvalue weighted by Crippen LogP contribution is -2.55. The number of hydrogen-bond donors (Lipinski definition) is 1. The van der Waals surface area contributed by atoms with Crippen molar-refractivity contribution in [3.8, 4) is 0 Å². The SMILES string of the molecule is Cc1cc(C=O)ccc1N1CCOCC1C(=O)NC(C)C. The largest absolute Gasteiger partial charge is 0.377 e. The number of ether oxygens (including phenoxy) is 1. The van der Waals surface area contributed by atoms with Crippen molar-refractivity contribution in [1.82, 2.24) is 5.32 Å². The predicted molar refractivity (Wildman–Crippen MR) is 81.8 cm³/mol. The van der Waals surface area contributed by atoms with Gasteiger partial charge in [-0.3, -0.25) is 9.59 Å². The Bertz CT molecular complexity index is 528. The fraction of sp³-hybridized carbons (Fsp3) is 0.500. The molecule has 1 aliphatic heterocycles. The minimum atomic E-state index is -0.332. The van der Waals surface area contributed by atoms with Gasteiger partial charge < -0.3 is 15.0 Å². The zero-order chi connectivity index (χ0) is 15.4. The molecule has 21 heavy (non-hydrogen) atoms. The van der Waals surface area contributed by atoms with Crippen molar-refractivity contribution >= 4 is 17.9 Å². The summed E-state index contributed by atoms with van der Waals surface area (Å²) in [6.07, 6.45) is 0.832. The fourth-order valence-corrected chi connectivity index (χ4v) is 2.56. The molecule has 1 amide bonds. The third kappa shape index (κ3) is 3.61. The average molecular weight is 290 g/mol. The number of nitrogens with one attached hydrogen (secondary N) is 1. The van der Waals surface area contributed by atoms with E-state index >= 15 is 0 Å². The van der Waals surface area contributed by atoms with Crippen LogP contribution in [0.1, 0.15) is 29.8 Å². The molecule has 1 aromatic carbocycles. The molecular formula is C16H22N2O3. The third-order valence-corrected chi connectivity index (χ3v) is 3.53. The Morgan fingerprint density at radius 2 is 2.24 bits per heavy atom. The van der Waals surface area contributed by atoms with Gasteiger partial charge in [0.1, 0.15) is 12.3 Å². The molecule has 1 fully saturated rings. The molecule has 0 radical (unpaired) electrons. The van der Waals surface area contributed by atoms with Crippen LogP contribution in [-0.4, -0.2) is 44.0 Å².